The minimum atomic E-state index is -3.12. The van der Waals surface area contributed by atoms with Crippen molar-refractivity contribution in [3.05, 3.63) is 126 Å². The van der Waals surface area contributed by atoms with E-state index in [0.29, 0.717) is 11.7 Å². The van der Waals surface area contributed by atoms with Crippen molar-refractivity contribution in [2.45, 2.75) is 6.16 Å². The molecule has 150 valence electrons. The van der Waals surface area contributed by atoms with Crippen molar-refractivity contribution >= 4 is 42.7 Å². The van der Waals surface area contributed by atoms with Gasteiger partial charge in [-0.1, -0.05) is 0 Å². The monoisotopic (exact) mass is 476 g/mol. The molecule has 0 unspecified atom stereocenters. The summed E-state index contributed by atoms with van der Waals surface area (Å²) in [6.45, 7) is 0. The SMILES string of the molecule is O=C(O)c1cccc(CP(Br)(c2ccccc2)(c2ccccc2)c2ccccc2)c1. The maximum atomic E-state index is 11.6. The van der Waals surface area contributed by atoms with Gasteiger partial charge in [0.05, 0.1) is 0 Å². The zero-order chi connectivity index (χ0) is 21.1. The Morgan fingerprint density at radius 3 is 1.50 bits per heavy atom. The molecule has 0 radical (unpaired) electrons. The summed E-state index contributed by atoms with van der Waals surface area (Å²) in [5.74, 6) is -0.911. The molecule has 0 aliphatic carbocycles. The number of carbonyl (C=O) groups is 1. The van der Waals surface area contributed by atoms with Crippen LogP contribution in [0.1, 0.15) is 15.9 Å². The molecule has 0 saturated heterocycles. The topological polar surface area (TPSA) is 37.3 Å². The molecule has 0 aliphatic heterocycles. The van der Waals surface area contributed by atoms with Gasteiger partial charge in [0, 0.05) is 0 Å². The molecule has 0 spiro atoms. The number of carboxylic acid groups (broad SMARTS) is 1. The van der Waals surface area contributed by atoms with Crippen LogP contribution in [0.4, 0.5) is 0 Å². The fraction of sp³-hybridized carbons (Fsp3) is 0.0385. The van der Waals surface area contributed by atoms with Crippen LogP contribution in [0, 0.1) is 0 Å². The average Bonchev–Trinajstić information content (AvgIpc) is 2.81. The van der Waals surface area contributed by atoms with Crippen LogP contribution in [-0.2, 0) is 6.16 Å². The van der Waals surface area contributed by atoms with E-state index < -0.39 is 11.3 Å². The first-order valence-electron chi connectivity index (χ1n) is 9.74. The molecule has 4 aromatic carbocycles. The van der Waals surface area contributed by atoms with Crippen LogP contribution in [0.15, 0.2) is 115 Å². The van der Waals surface area contributed by atoms with Gasteiger partial charge in [0.25, 0.3) is 0 Å². The van der Waals surface area contributed by atoms with Crippen LogP contribution in [0.2, 0.25) is 0 Å². The number of carboxylic acids is 1. The third kappa shape index (κ3) is 3.49. The van der Waals surface area contributed by atoms with E-state index in [1.165, 1.54) is 15.9 Å². The molecular formula is C26H22BrO2P. The predicted octanol–water partition coefficient (Wildman–Crippen LogP) is 5.72. The molecule has 4 heteroatoms. The van der Waals surface area contributed by atoms with Crippen molar-refractivity contribution in [1.29, 1.82) is 0 Å². The van der Waals surface area contributed by atoms with Gasteiger partial charge in [0.2, 0.25) is 0 Å². The first-order valence-corrected chi connectivity index (χ1v) is 14.2. The Kier molecular flexibility index (Phi) is 5.60. The van der Waals surface area contributed by atoms with Crippen LogP contribution in [0.5, 0.6) is 0 Å². The molecule has 2 nitrogen and oxygen atoms in total. The summed E-state index contributed by atoms with van der Waals surface area (Å²) in [7, 11) is 0. The van der Waals surface area contributed by atoms with Gasteiger partial charge in [0.1, 0.15) is 0 Å². The van der Waals surface area contributed by atoms with Crippen molar-refractivity contribution in [2.24, 2.45) is 0 Å². The third-order valence-electron chi connectivity index (χ3n) is 5.54. The van der Waals surface area contributed by atoms with Crippen LogP contribution in [-0.4, -0.2) is 11.1 Å². The molecule has 0 atom stereocenters. The number of rotatable bonds is 6. The summed E-state index contributed by atoms with van der Waals surface area (Å²) in [6.07, 6.45) is 0.671. The fourth-order valence-electron chi connectivity index (χ4n) is 4.08. The Morgan fingerprint density at radius 1 is 0.667 bits per heavy atom. The summed E-state index contributed by atoms with van der Waals surface area (Å²) >= 11 is 4.40. The maximum absolute atomic E-state index is 11.6. The van der Waals surface area contributed by atoms with Gasteiger partial charge in [-0.05, 0) is 0 Å². The second kappa shape index (κ2) is 8.18. The first-order chi connectivity index (χ1) is 14.5. The zero-order valence-corrected chi connectivity index (χ0v) is 18.8. The Balaban J connectivity index is 2.06. The number of hydrogen-bond acceptors (Lipinski definition) is 1. The van der Waals surface area contributed by atoms with Gasteiger partial charge in [-0.15, -0.1) is 0 Å². The summed E-state index contributed by atoms with van der Waals surface area (Å²) < 4.78 is 0. The summed E-state index contributed by atoms with van der Waals surface area (Å²) in [6, 6.07) is 38.8. The zero-order valence-electron chi connectivity index (χ0n) is 16.4. The van der Waals surface area contributed by atoms with E-state index in [2.05, 4.69) is 88.3 Å². The van der Waals surface area contributed by atoms with E-state index in [1.807, 2.05) is 30.3 Å². The second-order valence-corrected chi connectivity index (χ2v) is 16.3. The minimum absolute atomic E-state index is 0.305. The molecule has 0 bridgehead atoms. The summed E-state index contributed by atoms with van der Waals surface area (Å²) in [5.41, 5.74) is 1.29. The molecule has 0 heterocycles. The fourth-order valence-corrected chi connectivity index (χ4v) is 11.8. The Labute approximate surface area is 184 Å². The van der Waals surface area contributed by atoms with Crippen LogP contribution in [0.3, 0.4) is 0 Å². The quantitative estimate of drug-likeness (QED) is 0.361. The van der Waals surface area contributed by atoms with Crippen LogP contribution in [0.25, 0.3) is 0 Å². The number of aromatic carboxylic acids is 1. The summed E-state index contributed by atoms with van der Waals surface area (Å²) in [4.78, 5) is 11.6. The number of halogens is 1. The van der Waals surface area contributed by atoms with E-state index in [4.69, 9.17) is 0 Å². The van der Waals surface area contributed by atoms with Gasteiger partial charge in [-0.3, -0.25) is 0 Å². The molecule has 0 fully saturated rings. The molecule has 30 heavy (non-hydrogen) atoms. The van der Waals surface area contributed by atoms with E-state index in [9.17, 15) is 9.90 Å². The Morgan fingerprint density at radius 2 is 1.10 bits per heavy atom. The van der Waals surface area contributed by atoms with Crippen molar-refractivity contribution < 1.29 is 9.90 Å². The average molecular weight is 477 g/mol. The number of hydrogen-bond donors (Lipinski definition) is 1. The van der Waals surface area contributed by atoms with Gasteiger partial charge in [-0.25, -0.2) is 0 Å². The van der Waals surface area contributed by atoms with E-state index in [-0.39, 0.29) is 0 Å². The number of benzene rings is 4. The molecule has 0 aromatic heterocycles. The Bertz CT molecular complexity index is 1060. The molecule has 1 N–H and O–H groups in total. The third-order valence-corrected chi connectivity index (χ3v) is 15.1. The molecule has 0 saturated carbocycles. The first kappa shape index (κ1) is 20.5. The molecule has 0 aliphatic rings. The predicted molar refractivity (Wildman–Crippen MR) is 131 cm³/mol. The van der Waals surface area contributed by atoms with Crippen LogP contribution >= 0.6 is 20.8 Å². The van der Waals surface area contributed by atoms with Crippen molar-refractivity contribution in [1.82, 2.24) is 0 Å². The van der Waals surface area contributed by atoms with Gasteiger partial charge in [-0.2, -0.15) is 0 Å². The standard InChI is InChI=1S/C26H22BrO2P/c27-30(23-13-4-1-5-14-23,24-15-6-2-7-16-24,25-17-8-3-9-18-25)20-21-11-10-12-22(19-21)26(28)29/h1-19H,20H2,(H,28,29). The van der Waals surface area contributed by atoms with Gasteiger partial charge >= 0.3 is 185 Å². The van der Waals surface area contributed by atoms with Crippen molar-refractivity contribution in [2.75, 3.05) is 0 Å². The van der Waals surface area contributed by atoms with Gasteiger partial charge in [0.15, 0.2) is 0 Å². The van der Waals surface area contributed by atoms with E-state index in [1.54, 1.807) is 12.1 Å². The van der Waals surface area contributed by atoms with Crippen LogP contribution < -0.4 is 15.9 Å². The van der Waals surface area contributed by atoms with Gasteiger partial charge < -0.3 is 0 Å². The summed E-state index contributed by atoms with van der Waals surface area (Å²) in [5, 5.41) is 10.0. The molecule has 0 amide bonds. The van der Waals surface area contributed by atoms with E-state index in [0.717, 1.165) is 5.56 Å². The second-order valence-electron chi connectivity index (χ2n) is 7.35. The molecule has 4 rings (SSSR count). The molecular weight excluding hydrogens is 455 g/mol. The normalized spacial score (nSPS) is 12.6. The van der Waals surface area contributed by atoms with Crippen molar-refractivity contribution in [3.8, 4) is 0 Å². The molecule has 4 aromatic rings. The van der Waals surface area contributed by atoms with Crippen molar-refractivity contribution in [3.63, 3.8) is 0 Å². The Hall–Kier alpha value is -2.74. The van der Waals surface area contributed by atoms with E-state index >= 15 is 0 Å².